The van der Waals surface area contributed by atoms with Crippen LogP contribution in [0.5, 0.6) is 0 Å². The molecule has 0 aliphatic rings. The maximum Gasteiger partial charge on any atom is 0.225 e. The summed E-state index contributed by atoms with van der Waals surface area (Å²) in [7, 11) is 0. The van der Waals surface area contributed by atoms with E-state index >= 15 is 0 Å². The summed E-state index contributed by atoms with van der Waals surface area (Å²) in [5.74, 6) is 0.243. The van der Waals surface area contributed by atoms with Crippen LogP contribution in [-0.4, -0.2) is 41.1 Å². The summed E-state index contributed by atoms with van der Waals surface area (Å²) in [5.41, 5.74) is 5.71. The predicted octanol–water partition coefficient (Wildman–Crippen LogP) is 1.76. The highest BCUT2D eigenvalue weighted by molar-refractivity contribution is 5.78. The number of carbonyl (C=O) groups is 1. The number of nitrogens with two attached hydrogens (primary N) is 1. The molecule has 4 heteroatoms. The van der Waals surface area contributed by atoms with Crippen LogP contribution in [0.15, 0.2) is 0 Å². The Hall–Kier alpha value is -0.610. The molecule has 4 nitrogen and oxygen atoms in total. The molecule has 0 heterocycles. The number of hydrogen-bond donors (Lipinski definition) is 2. The van der Waals surface area contributed by atoms with E-state index in [4.69, 9.17) is 10.8 Å². The number of hydrogen-bond acceptors (Lipinski definition) is 3. The largest absolute Gasteiger partial charge is 0.396 e. The number of amides is 1. The first-order valence-corrected chi connectivity index (χ1v) is 7.07. The SMILES string of the molecule is CC(N)CCCC(C)C(=O)N(CCCO)C(C)C. The number of aliphatic hydroxyl groups excluding tert-OH is 1. The van der Waals surface area contributed by atoms with Gasteiger partial charge in [-0.05, 0) is 40.0 Å². The molecule has 0 aromatic heterocycles. The van der Waals surface area contributed by atoms with Crippen LogP contribution >= 0.6 is 0 Å². The number of aliphatic hydroxyl groups is 1. The minimum Gasteiger partial charge on any atom is -0.396 e. The lowest BCUT2D eigenvalue weighted by Crippen LogP contribution is -2.41. The van der Waals surface area contributed by atoms with Crippen LogP contribution in [0.4, 0.5) is 0 Å². The average molecular weight is 258 g/mol. The molecule has 0 radical (unpaired) electrons. The molecule has 1 amide bonds. The van der Waals surface area contributed by atoms with Gasteiger partial charge >= 0.3 is 0 Å². The Bertz CT molecular complexity index is 230. The molecule has 2 atom stereocenters. The quantitative estimate of drug-likeness (QED) is 0.662. The summed E-state index contributed by atoms with van der Waals surface area (Å²) in [4.78, 5) is 14.1. The molecule has 0 saturated carbocycles. The smallest absolute Gasteiger partial charge is 0.225 e. The third-order valence-corrected chi connectivity index (χ3v) is 3.18. The van der Waals surface area contributed by atoms with Crippen molar-refractivity contribution in [1.82, 2.24) is 4.90 Å². The standard InChI is InChI=1S/C14H30N2O2/c1-11(2)16(9-6-10-17)14(18)12(3)7-5-8-13(4)15/h11-13,17H,5-10,15H2,1-4H3. The molecule has 0 aromatic rings. The lowest BCUT2D eigenvalue weighted by molar-refractivity contribution is -0.137. The Morgan fingerprint density at radius 3 is 2.22 bits per heavy atom. The van der Waals surface area contributed by atoms with Crippen molar-refractivity contribution >= 4 is 5.91 Å². The molecule has 0 rings (SSSR count). The molecule has 0 fully saturated rings. The normalized spacial score (nSPS) is 14.6. The zero-order valence-corrected chi connectivity index (χ0v) is 12.4. The van der Waals surface area contributed by atoms with Gasteiger partial charge in [0.15, 0.2) is 0 Å². The fourth-order valence-corrected chi connectivity index (χ4v) is 2.02. The second-order valence-corrected chi connectivity index (χ2v) is 5.51. The van der Waals surface area contributed by atoms with Crippen LogP contribution in [0.25, 0.3) is 0 Å². The first-order chi connectivity index (χ1) is 8.40. The van der Waals surface area contributed by atoms with Gasteiger partial charge in [0.2, 0.25) is 5.91 Å². The van der Waals surface area contributed by atoms with Gasteiger partial charge in [-0.15, -0.1) is 0 Å². The second kappa shape index (κ2) is 9.34. The minimum atomic E-state index is 0.0462. The van der Waals surface area contributed by atoms with E-state index < -0.39 is 0 Å². The van der Waals surface area contributed by atoms with Gasteiger partial charge < -0.3 is 15.7 Å². The Labute approximate surface area is 112 Å². The Kier molecular flexibility index (Phi) is 9.02. The summed E-state index contributed by atoms with van der Waals surface area (Å²) in [6, 6.07) is 0.405. The van der Waals surface area contributed by atoms with E-state index in [1.54, 1.807) is 0 Å². The monoisotopic (exact) mass is 258 g/mol. The summed E-state index contributed by atoms with van der Waals surface area (Å²) in [6.07, 6.45) is 3.51. The van der Waals surface area contributed by atoms with Crippen molar-refractivity contribution in [3.05, 3.63) is 0 Å². The van der Waals surface area contributed by atoms with Gasteiger partial charge in [0.1, 0.15) is 0 Å². The number of carbonyl (C=O) groups excluding carboxylic acids is 1. The number of nitrogens with zero attached hydrogens (tertiary/aromatic N) is 1. The molecule has 108 valence electrons. The summed E-state index contributed by atoms with van der Waals surface area (Å²) in [6.45, 7) is 8.79. The van der Waals surface area contributed by atoms with Crippen LogP contribution in [-0.2, 0) is 4.79 Å². The van der Waals surface area contributed by atoms with E-state index in [-0.39, 0.29) is 30.5 Å². The van der Waals surface area contributed by atoms with E-state index in [1.165, 1.54) is 0 Å². The van der Waals surface area contributed by atoms with Gasteiger partial charge in [0.05, 0.1) is 0 Å². The highest BCUT2D eigenvalue weighted by Crippen LogP contribution is 2.14. The molecular formula is C14H30N2O2. The zero-order chi connectivity index (χ0) is 14.1. The van der Waals surface area contributed by atoms with E-state index in [1.807, 2.05) is 32.6 Å². The Balaban J connectivity index is 4.20. The maximum absolute atomic E-state index is 12.3. The molecule has 0 aliphatic heterocycles. The Morgan fingerprint density at radius 1 is 1.17 bits per heavy atom. The van der Waals surface area contributed by atoms with Crippen LogP contribution < -0.4 is 5.73 Å². The first kappa shape index (κ1) is 17.4. The van der Waals surface area contributed by atoms with Crippen molar-refractivity contribution in [3.8, 4) is 0 Å². The van der Waals surface area contributed by atoms with E-state index in [0.717, 1.165) is 19.3 Å². The molecular weight excluding hydrogens is 228 g/mol. The second-order valence-electron chi connectivity index (χ2n) is 5.51. The van der Waals surface area contributed by atoms with Gasteiger partial charge in [0, 0.05) is 31.2 Å². The molecule has 18 heavy (non-hydrogen) atoms. The maximum atomic E-state index is 12.3. The molecule has 3 N–H and O–H groups in total. The molecule has 0 saturated heterocycles. The molecule has 0 bridgehead atoms. The fraction of sp³-hybridized carbons (Fsp3) is 0.929. The van der Waals surface area contributed by atoms with Crippen molar-refractivity contribution in [3.63, 3.8) is 0 Å². The lowest BCUT2D eigenvalue weighted by Gasteiger charge is -2.29. The highest BCUT2D eigenvalue weighted by atomic mass is 16.3. The van der Waals surface area contributed by atoms with Crippen LogP contribution in [0.2, 0.25) is 0 Å². The molecule has 0 aliphatic carbocycles. The van der Waals surface area contributed by atoms with Gasteiger partial charge in [-0.2, -0.15) is 0 Å². The van der Waals surface area contributed by atoms with Gasteiger partial charge in [-0.25, -0.2) is 0 Å². The predicted molar refractivity (Wildman–Crippen MR) is 75.2 cm³/mol. The fourth-order valence-electron chi connectivity index (χ4n) is 2.02. The first-order valence-electron chi connectivity index (χ1n) is 7.07. The molecule has 0 aromatic carbocycles. The van der Waals surface area contributed by atoms with Crippen LogP contribution in [0, 0.1) is 5.92 Å². The third kappa shape index (κ3) is 6.97. The van der Waals surface area contributed by atoms with Crippen molar-refractivity contribution in [1.29, 1.82) is 0 Å². The summed E-state index contributed by atoms with van der Waals surface area (Å²) >= 11 is 0. The highest BCUT2D eigenvalue weighted by Gasteiger charge is 2.21. The summed E-state index contributed by atoms with van der Waals surface area (Å²) < 4.78 is 0. The lowest BCUT2D eigenvalue weighted by atomic mass is 10.00. The van der Waals surface area contributed by atoms with Crippen molar-refractivity contribution in [2.45, 2.75) is 65.5 Å². The van der Waals surface area contributed by atoms with E-state index in [2.05, 4.69) is 0 Å². The molecule has 2 unspecified atom stereocenters. The number of rotatable bonds is 9. The van der Waals surface area contributed by atoms with E-state index in [9.17, 15) is 4.79 Å². The topological polar surface area (TPSA) is 66.6 Å². The van der Waals surface area contributed by atoms with Gasteiger partial charge in [-0.1, -0.05) is 13.3 Å². The summed E-state index contributed by atoms with van der Waals surface area (Å²) in [5, 5.41) is 8.87. The van der Waals surface area contributed by atoms with Crippen molar-refractivity contribution in [2.24, 2.45) is 11.7 Å². The third-order valence-electron chi connectivity index (χ3n) is 3.18. The van der Waals surface area contributed by atoms with Crippen LogP contribution in [0.3, 0.4) is 0 Å². The van der Waals surface area contributed by atoms with Crippen LogP contribution in [0.1, 0.15) is 53.4 Å². The van der Waals surface area contributed by atoms with Crippen molar-refractivity contribution in [2.75, 3.05) is 13.2 Å². The Morgan fingerprint density at radius 2 is 1.78 bits per heavy atom. The minimum absolute atomic E-state index is 0.0462. The zero-order valence-electron chi connectivity index (χ0n) is 12.4. The van der Waals surface area contributed by atoms with Gasteiger partial charge in [-0.3, -0.25) is 4.79 Å². The molecule has 0 spiro atoms. The van der Waals surface area contributed by atoms with Gasteiger partial charge in [0.25, 0.3) is 0 Å². The average Bonchev–Trinajstić information content (AvgIpc) is 2.28. The van der Waals surface area contributed by atoms with E-state index in [0.29, 0.717) is 13.0 Å². The van der Waals surface area contributed by atoms with Crippen molar-refractivity contribution < 1.29 is 9.90 Å².